The predicted molar refractivity (Wildman–Crippen MR) is 50.8 cm³/mol. The van der Waals surface area contributed by atoms with Gasteiger partial charge in [0.25, 0.3) is 0 Å². The molecule has 1 aromatic rings. The lowest BCUT2D eigenvalue weighted by atomic mass is 10.0. The van der Waals surface area contributed by atoms with Crippen molar-refractivity contribution in [2.75, 3.05) is 13.2 Å². The molecule has 2 rings (SSSR count). The van der Waals surface area contributed by atoms with Gasteiger partial charge in [-0.2, -0.15) is 0 Å². The van der Waals surface area contributed by atoms with Crippen molar-refractivity contribution < 1.29 is 9.84 Å². The summed E-state index contributed by atoms with van der Waals surface area (Å²) in [5, 5.41) is 9.86. The Morgan fingerprint density at radius 1 is 1.36 bits per heavy atom. The standard InChI is InChI=1S/C10H14N2O2/c1-7(2)8-3-11-9(12-4-8)10(13)5-14-6-10/h3-4,7,13H,5-6H2,1-2H3. The van der Waals surface area contributed by atoms with E-state index in [0.717, 1.165) is 5.56 Å². The van der Waals surface area contributed by atoms with Gasteiger partial charge in [0.05, 0.1) is 13.2 Å². The van der Waals surface area contributed by atoms with Gasteiger partial charge < -0.3 is 9.84 Å². The van der Waals surface area contributed by atoms with Crippen LogP contribution >= 0.6 is 0 Å². The highest BCUT2D eigenvalue weighted by molar-refractivity contribution is 5.13. The highest BCUT2D eigenvalue weighted by atomic mass is 16.5. The fourth-order valence-corrected chi connectivity index (χ4v) is 1.30. The number of rotatable bonds is 2. The quantitative estimate of drug-likeness (QED) is 0.757. The summed E-state index contributed by atoms with van der Waals surface area (Å²) in [7, 11) is 0. The molecule has 14 heavy (non-hydrogen) atoms. The Hall–Kier alpha value is -1.00. The lowest BCUT2D eigenvalue weighted by Gasteiger charge is -2.34. The molecular formula is C10H14N2O2. The van der Waals surface area contributed by atoms with Crippen LogP contribution in [-0.4, -0.2) is 28.3 Å². The zero-order valence-corrected chi connectivity index (χ0v) is 8.40. The third kappa shape index (κ3) is 1.51. The predicted octanol–water partition coefficient (Wildman–Crippen LogP) is 0.818. The summed E-state index contributed by atoms with van der Waals surface area (Å²) in [5.74, 6) is 0.879. The molecular weight excluding hydrogens is 180 g/mol. The molecule has 4 heteroatoms. The second kappa shape index (κ2) is 3.29. The van der Waals surface area contributed by atoms with Gasteiger partial charge in [-0.25, -0.2) is 9.97 Å². The van der Waals surface area contributed by atoms with E-state index >= 15 is 0 Å². The second-order valence-electron chi connectivity index (χ2n) is 4.02. The van der Waals surface area contributed by atoms with E-state index in [1.165, 1.54) is 0 Å². The molecule has 0 aliphatic carbocycles. The molecule has 1 N–H and O–H groups in total. The van der Waals surface area contributed by atoms with E-state index in [0.29, 0.717) is 25.0 Å². The summed E-state index contributed by atoms with van der Waals surface area (Å²) in [5.41, 5.74) is 0.132. The van der Waals surface area contributed by atoms with E-state index in [9.17, 15) is 5.11 Å². The van der Waals surface area contributed by atoms with Gasteiger partial charge in [0.1, 0.15) is 0 Å². The summed E-state index contributed by atoms with van der Waals surface area (Å²) >= 11 is 0. The Morgan fingerprint density at radius 2 is 1.93 bits per heavy atom. The van der Waals surface area contributed by atoms with E-state index in [1.54, 1.807) is 12.4 Å². The van der Waals surface area contributed by atoms with Crippen molar-refractivity contribution >= 4 is 0 Å². The number of aromatic nitrogens is 2. The molecule has 0 atom stereocenters. The minimum absolute atomic E-state index is 0.300. The van der Waals surface area contributed by atoms with Crippen LogP contribution < -0.4 is 0 Å². The molecule has 2 heterocycles. The first-order chi connectivity index (χ1) is 6.62. The lowest BCUT2D eigenvalue weighted by Crippen LogP contribution is -2.47. The Balaban J connectivity index is 2.21. The molecule has 0 aromatic carbocycles. The number of ether oxygens (including phenoxy) is 1. The minimum atomic E-state index is -0.949. The summed E-state index contributed by atoms with van der Waals surface area (Å²) in [6, 6.07) is 0. The largest absolute Gasteiger partial charge is 0.377 e. The van der Waals surface area contributed by atoms with Gasteiger partial charge in [0.2, 0.25) is 0 Å². The second-order valence-corrected chi connectivity index (χ2v) is 4.02. The van der Waals surface area contributed by atoms with Crippen molar-refractivity contribution in [1.82, 2.24) is 9.97 Å². The van der Waals surface area contributed by atoms with Crippen LogP contribution in [0.15, 0.2) is 12.4 Å². The summed E-state index contributed by atoms with van der Waals surface area (Å²) < 4.78 is 4.94. The van der Waals surface area contributed by atoms with Crippen molar-refractivity contribution in [3.8, 4) is 0 Å². The van der Waals surface area contributed by atoms with E-state index < -0.39 is 5.60 Å². The Kier molecular flexibility index (Phi) is 2.25. The molecule has 1 aromatic heterocycles. The van der Waals surface area contributed by atoms with E-state index in [2.05, 4.69) is 23.8 Å². The molecule has 0 radical (unpaired) electrons. The molecule has 1 fully saturated rings. The van der Waals surface area contributed by atoms with Crippen LogP contribution in [0, 0.1) is 0 Å². The van der Waals surface area contributed by atoms with Gasteiger partial charge in [0, 0.05) is 12.4 Å². The SMILES string of the molecule is CC(C)c1cnc(C2(O)COC2)nc1. The van der Waals surface area contributed by atoms with Crippen molar-refractivity contribution in [1.29, 1.82) is 0 Å². The van der Waals surface area contributed by atoms with E-state index in [4.69, 9.17) is 4.74 Å². The van der Waals surface area contributed by atoms with Crippen molar-refractivity contribution in [2.24, 2.45) is 0 Å². The molecule has 0 saturated carbocycles. The van der Waals surface area contributed by atoms with Gasteiger partial charge in [-0.1, -0.05) is 13.8 Å². The number of hydrogen-bond acceptors (Lipinski definition) is 4. The van der Waals surface area contributed by atoms with E-state index in [-0.39, 0.29) is 0 Å². The van der Waals surface area contributed by atoms with Gasteiger partial charge in [-0.3, -0.25) is 0 Å². The number of hydrogen-bond donors (Lipinski definition) is 1. The third-order valence-corrected chi connectivity index (χ3v) is 2.44. The number of aliphatic hydroxyl groups is 1. The summed E-state index contributed by atoms with van der Waals surface area (Å²) in [4.78, 5) is 8.31. The maximum absolute atomic E-state index is 9.86. The molecule has 1 aliphatic heterocycles. The molecule has 0 bridgehead atoms. The van der Waals surface area contributed by atoms with E-state index in [1.807, 2.05) is 0 Å². The first kappa shape index (κ1) is 9.55. The monoisotopic (exact) mass is 194 g/mol. The van der Waals surface area contributed by atoms with Crippen molar-refractivity contribution in [3.05, 3.63) is 23.8 Å². The smallest absolute Gasteiger partial charge is 0.170 e. The van der Waals surface area contributed by atoms with Gasteiger partial charge in [-0.15, -0.1) is 0 Å². The van der Waals surface area contributed by atoms with Crippen LogP contribution in [0.1, 0.15) is 31.2 Å². The van der Waals surface area contributed by atoms with Gasteiger partial charge in [-0.05, 0) is 11.5 Å². The topological polar surface area (TPSA) is 55.2 Å². The van der Waals surface area contributed by atoms with Crippen molar-refractivity contribution in [3.63, 3.8) is 0 Å². The third-order valence-electron chi connectivity index (χ3n) is 2.44. The fraction of sp³-hybridized carbons (Fsp3) is 0.600. The lowest BCUT2D eigenvalue weighted by molar-refractivity contribution is -0.189. The Morgan fingerprint density at radius 3 is 2.29 bits per heavy atom. The fourth-order valence-electron chi connectivity index (χ4n) is 1.30. The maximum Gasteiger partial charge on any atom is 0.170 e. The molecule has 4 nitrogen and oxygen atoms in total. The first-order valence-corrected chi connectivity index (χ1v) is 4.74. The van der Waals surface area contributed by atoms with Crippen LogP contribution in [0.25, 0.3) is 0 Å². The highest BCUT2D eigenvalue weighted by Gasteiger charge is 2.40. The molecule has 76 valence electrons. The Bertz CT molecular complexity index is 317. The normalized spacial score (nSPS) is 19.4. The zero-order chi connectivity index (χ0) is 10.2. The average molecular weight is 194 g/mol. The average Bonchev–Trinajstić information content (AvgIpc) is 2.14. The van der Waals surface area contributed by atoms with Crippen molar-refractivity contribution in [2.45, 2.75) is 25.4 Å². The number of nitrogens with zero attached hydrogens (tertiary/aromatic N) is 2. The summed E-state index contributed by atoms with van der Waals surface area (Å²) in [6.45, 7) is 4.77. The molecule has 0 amide bonds. The van der Waals surface area contributed by atoms with Gasteiger partial charge >= 0.3 is 0 Å². The molecule has 1 aliphatic rings. The molecule has 0 unspecified atom stereocenters. The summed E-state index contributed by atoms with van der Waals surface area (Å²) in [6.07, 6.45) is 3.53. The zero-order valence-electron chi connectivity index (χ0n) is 8.40. The van der Waals surface area contributed by atoms with Crippen LogP contribution in [0.2, 0.25) is 0 Å². The van der Waals surface area contributed by atoms with Crippen LogP contribution in [0.5, 0.6) is 0 Å². The van der Waals surface area contributed by atoms with Crippen LogP contribution in [0.3, 0.4) is 0 Å². The molecule has 1 saturated heterocycles. The Labute approximate surface area is 83.0 Å². The minimum Gasteiger partial charge on any atom is -0.377 e. The molecule has 0 spiro atoms. The highest BCUT2D eigenvalue weighted by Crippen LogP contribution is 2.26. The van der Waals surface area contributed by atoms with Gasteiger partial charge in [0.15, 0.2) is 11.4 Å². The first-order valence-electron chi connectivity index (χ1n) is 4.74. The van der Waals surface area contributed by atoms with Crippen LogP contribution in [-0.2, 0) is 10.3 Å². The van der Waals surface area contributed by atoms with Crippen LogP contribution in [0.4, 0.5) is 0 Å². The maximum atomic E-state index is 9.86.